The largest absolute Gasteiger partial charge is 0.573 e. The van der Waals surface area contributed by atoms with E-state index >= 15 is 0 Å². The predicted molar refractivity (Wildman–Crippen MR) is 79.4 cm³/mol. The monoisotopic (exact) mass is 369 g/mol. The molecule has 1 rings (SSSR count). The Hall–Kier alpha value is -0.950. The summed E-state index contributed by atoms with van der Waals surface area (Å²) in [7, 11) is 0. The van der Waals surface area contributed by atoms with Crippen molar-refractivity contribution in [3.05, 3.63) is 22.7 Å². The number of alkyl halides is 3. The van der Waals surface area contributed by atoms with E-state index in [0.717, 1.165) is 12.8 Å². The van der Waals surface area contributed by atoms with E-state index in [-0.39, 0.29) is 22.2 Å². The molecular formula is C14H19BrF3NO2. The maximum absolute atomic E-state index is 12.2. The van der Waals surface area contributed by atoms with Crippen LogP contribution < -0.4 is 10.1 Å². The van der Waals surface area contributed by atoms with Crippen LogP contribution in [0.2, 0.25) is 0 Å². The van der Waals surface area contributed by atoms with E-state index < -0.39 is 6.36 Å². The second-order valence-corrected chi connectivity index (χ2v) is 5.77. The van der Waals surface area contributed by atoms with Gasteiger partial charge in [0.2, 0.25) is 0 Å². The molecule has 7 heteroatoms. The van der Waals surface area contributed by atoms with Crippen LogP contribution in [0.4, 0.5) is 18.9 Å². The molecule has 0 aliphatic rings. The van der Waals surface area contributed by atoms with Crippen LogP contribution in [0.15, 0.2) is 22.7 Å². The molecule has 3 nitrogen and oxygen atoms in total. The minimum atomic E-state index is -4.71. The lowest BCUT2D eigenvalue weighted by molar-refractivity contribution is -0.274. The van der Waals surface area contributed by atoms with Crippen LogP contribution in [0.25, 0.3) is 0 Å². The second-order valence-electron chi connectivity index (χ2n) is 4.91. The van der Waals surface area contributed by atoms with E-state index in [2.05, 4.69) is 26.0 Å². The average molecular weight is 370 g/mol. The van der Waals surface area contributed by atoms with Crippen molar-refractivity contribution < 1.29 is 23.0 Å². The highest BCUT2D eigenvalue weighted by atomic mass is 79.9. The minimum Gasteiger partial charge on any atom is -0.405 e. The zero-order chi connectivity index (χ0) is 16.1. The molecule has 1 aromatic carbocycles. The number of aliphatic hydroxyl groups is 1. The Morgan fingerprint density at radius 2 is 1.86 bits per heavy atom. The van der Waals surface area contributed by atoms with Gasteiger partial charge in [-0.2, -0.15) is 0 Å². The summed E-state index contributed by atoms with van der Waals surface area (Å²) in [6.07, 6.45) is -3.10. The molecule has 0 aliphatic carbocycles. The summed E-state index contributed by atoms with van der Waals surface area (Å²) in [4.78, 5) is 0. The van der Waals surface area contributed by atoms with Crippen molar-refractivity contribution in [3.63, 3.8) is 0 Å². The van der Waals surface area contributed by atoms with Gasteiger partial charge in [0.1, 0.15) is 5.75 Å². The number of halogens is 4. The third kappa shape index (κ3) is 5.39. The Morgan fingerprint density at radius 3 is 2.29 bits per heavy atom. The van der Waals surface area contributed by atoms with Gasteiger partial charge in [0.15, 0.2) is 0 Å². The van der Waals surface area contributed by atoms with Crippen LogP contribution in [-0.4, -0.2) is 24.6 Å². The molecule has 0 amide bonds. The van der Waals surface area contributed by atoms with Gasteiger partial charge in [-0.05, 0) is 47.0 Å². The van der Waals surface area contributed by atoms with Crippen molar-refractivity contribution in [3.8, 4) is 5.75 Å². The van der Waals surface area contributed by atoms with E-state index in [9.17, 15) is 18.3 Å². The molecule has 0 saturated heterocycles. The fourth-order valence-electron chi connectivity index (χ4n) is 1.89. The number of benzene rings is 1. The van der Waals surface area contributed by atoms with Crippen molar-refractivity contribution in [2.24, 2.45) is 5.41 Å². The molecule has 0 aromatic heterocycles. The molecule has 0 unspecified atom stereocenters. The summed E-state index contributed by atoms with van der Waals surface area (Å²) in [6, 6.07) is 4.28. The number of hydrogen-bond donors (Lipinski definition) is 2. The fraction of sp³-hybridized carbons (Fsp3) is 0.571. The van der Waals surface area contributed by atoms with E-state index in [1.54, 1.807) is 0 Å². The van der Waals surface area contributed by atoms with Crippen LogP contribution in [0.1, 0.15) is 26.7 Å². The van der Waals surface area contributed by atoms with E-state index in [0.29, 0.717) is 12.2 Å². The molecular weight excluding hydrogens is 351 g/mol. The predicted octanol–water partition coefficient (Wildman–Crippen LogP) is 4.56. The van der Waals surface area contributed by atoms with Crippen molar-refractivity contribution in [1.29, 1.82) is 0 Å². The third-order valence-electron chi connectivity index (χ3n) is 3.66. The van der Waals surface area contributed by atoms with Crippen LogP contribution in [0.5, 0.6) is 5.75 Å². The summed E-state index contributed by atoms with van der Waals surface area (Å²) in [5.74, 6) is -0.285. The lowest BCUT2D eigenvalue weighted by atomic mass is 9.83. The van der Waals surface area contributed by atoms with Gasteiger partial charge >= 0.3 is 6.36 Å². The SMILES string of the molecule is CCC(CC)(CO)CNc1ccc(OC(F)(F)F)c(Br)c1. The molecule has 0 radical (unpaired) electrons. The highest BCUT2D eigenvalue weighted by Gasteiger charge is 2.32. The third-order valence-corrected chi connectivity index (χ3v) is 4.28. The number of ether oxygens (including phenoxy) is 1. The summed E-state index contributed by atoms with van der Waals surface area (Å²) in [5.41, 5.74) is 0.435. The summed E-state index contributed by atoms with van der Waals surface area (Å²) < 4.78 is 40.6. The first-order valence-electron chi connectivity index (χ1n) is 6.65. The quantitative estimate of drug-likeness (QED) is 0.740. The molecule has 2 N–H and O–H groups in total. The minimum absolute atomic E-state index is 0.0590. The van der Waals surface area contributed by atoms with Gasteiger partial charge < -0.3 is 15.2 Å². The fourth-order valence-corrected chi connectivity index (χ4v) is 2.35. The van der Waals surface area contributed by atoms with Gasteiger partial charge in [-0.3, -0.25) is 0 Å². The van der Waals surface area contributed by atoms with Gasteiger partial charge in [0, 0.05) is 17.6 Å². The van der Waals surface area contributed by atoms with Gasteiger partial charge in [-0.1, -0.05) is 13.8 Å². The van der Waals surface area contributed by atoms with E-state index in [1.807, 2.05) is 13.8 Å². The van der Waals surface area contributed by atoms with Crippen molar-refractivity contribution in [1.82, 2.24) is 0 Å². The van der Waals surface area contributed by atoms with Gasteiger partial charge in [-0.15, -0.1) is 13.2 Å². The summed E-state index contributed by atoms with van der Waals surface area (Å²) >= 11 is 3.06. The molecule has 0 atom stereocenters. The standard InChI is InChI=1S/C14H19BrF3NO2/c1-3-13(4-2,9-20)8-19-10-5-6-12(11(15)7-10)21-14(16,17)18/h5-7,19-20H,3-4,8-9H2,1-2H3. The highest BCUT2D eigenvalue weighted by Crippen LogP contribution is 2.33. The van der Waals surface area contributed by atoms with Crippen LogP contribution >= 0.6 is 15.9 Å². The molecule has 0 fully saturated rings. The highest BCUT2D eigenvalue weighted by molar-refractivity contribution is 9.10. The molecule has 120 valence electrons. The topological polar surface area (TPSA) is 41.5 Å². The number of aliphatic hydroxyl groups excluding tert-OH is 1. The normalized spacial score (nSPS) is 12.3. The molecule has 0 heterocycles. The van der Waals surface area contributed by atoms with E-state index in [1.165, 1.54) is 18.2 Å². The lowest BCUT2D eigenvalue weighted by Crippen LogP contribution is -2.32. The Labute approximate surface area is 130 Å². The Bertz CT molecular complexity index is 454. The first-order chi connectivity index (χ1) is 9.75. The van der Waals surface area contributed by atoms with Crippen molar-refractivity contribution >= 4 is 21.6 Å². The Kier molecular flexibility index (Phi) is 6.34. The molecule has 0 saturated carbocycles. The van der Waals surface area contributed by atoms with Gasteiger partial charge in [0.05, 0.1) is 11.1 Å². The van der Waals surface area contributed by atoms with E-state index in [4.69, 9.17) is 0 Å². The van der Waals surface area contributed by atoms with Crippen LogP contribution in [-0.2, 0) is 0 Å². The molecule has 1 aromatic rings. The van der Waals surface area contributed by atoms with Crippen LogP contribution in [0.3, 0.4) is 0 Å². The smallest absolute Gasteiger partial charge is 0.405 e. The van der Waals surface area contributed by atoms with Crippen molar-refractivity contribution in [2.45, 2.75) is 33.1 Å². The average Bonchev–Trinajstić information content (AvgIpc) is 2.42. The summed E-state index contributed by atoms with van der Waals surface area (Å²) in [6.45, 7) is 4.60. The zero-order valence-electron chi connectivity index (χ0n) is 11.9. The molecule has 0 bridgehead atoms. The number of rotatable bonds is 7. The maximum Gasteiger partial charge on any atom is 0.573 e. The first-order valence-corrected chi connectivity index (χ1v) is 7.44. The lowest BCUT2D eigenvalue weighted by Gasteiger charge is -2.30. The van der Waals surface area contributed by atoms with Crippen molar-refractivity contribution in [2.75, 3.05) is 18.5 Å². The zero-order valence-corrected chi connectivity index (χ0v) is 13.5. The molecule has 0 spiro atoms. The first kappa shape index (κ1) is 18.1. The Balaban J connectivity index is 2.76. The van der Waals surface area contributed by atoms with Gasteiger partial charge in [-0.25, -0.2) is 0 Å². The number of anilines is 1. The maximum atomic E-state index is 12.2. The second kappa shape index (κ2) is 7.35. The molecule has 21 heavy (non-hydrogen) atoms. The number of nitrogens with one attached hydrogen (secondary N) is 1. The summed E-state index contributed by atoms with van der Waals surface area (Å²) in [5, 5.41) is 12.6. The number of hydrogen-bond acceptors (Lipinski definition) is 3. The van der Waals surface area contributed by atoms with Gasteiger partial charge in [0.25, 0.3) is 0 Å². The van der Waals surface area contributed by atoms with Crippen LogP contribution in [0, 0.1) is 5.41 Å². The molecule has 0 aliphatic heterocycles. The Morgan fingerprint density at radius 1 is 1.24 bits per heavy atom.